The lowest BCUT2D eigenvalue weighted by molar-refractivity contribution is 0.350. The van der Waals surface area contributed by atoms with Gasteiger partial charge in [0.1, 0.15) is 30.1 Å². The quantitative estimate of drug-likeness (QED) is 0.618. The topological polar surface area (TPSA) is 73.7 Å². The van der Waals surface area contributed by atoms with Gasteiger partial charge in [0.25, 0.3) is 0 Å². The number of nitrogens with zero attached hydrogens (tertiary/aromatic N) is 2. The Kier molecular flexibility index (Phi) is 5.56. The van der Waals surface area contributed by atoms with Crippen LogP contribution in [-0.2, 0) is 0 Å². The summed E-state index contributed by atoms with van der Waals surface area (Å²) in [5.41, 5.74) is 1.85. The Morgan fingerprint density at radius 3 is 2.59 bits per heavy atom. The molecule has 6 heteroatoms. The zero-order valence-electron chi connectivity index (χ0n) is 15.2. The largest absolute Gasteiger partial charge is 0.507 e. The predicted octanol–water partition coefficient (Wildman–Crippen LogP) is 4.61. The molecule has 0 saturated carbocycles. The van der Waals surface area contributed by atoms with Gasteiger partial charge in [-0.3, -0.25) is 0 Å². The van der Waals surface area contributed by atoms with Gasteiger partial charge in [-0.2, -0.15) is 0 Å². The van der Waals surface area contributed by atoms with Gasteiger partial charge in [-0.1, -0.05) is 18.7 Å². The molecule has 6 nitrogen and oxygen atoms in total. The first-order valence-corrected chi connectivity index (χ1v) is 8.30. The molecule has 0 aliphatic carbocycles. The monoisotopic (exact) mass is 364 g/mol. The summed E-state index contributed by atoms with van der Waals surface area (Å²) in [5.74, 6) is 2.07. The van der Waals surface area contributed by atoms with Crippen molar-refractivity contribution in [2.24, 2.45) is 0 Å². The van der Waals surface area contributed by atoms with Gasteiger partial charge >= 0.3 is 0 Å². The van der Waals surface area contributed by atoms with Crippen molar-refractivity contribution in [2.45, 2.75) is 6.92 Å². The molecule has 0 unspecified atom stereocenters. The molecule has 0 spiro atoms. The Hall–Kier alpha value is -3.54. The average Bonchev–Trinajstić information content (AvgIpc) is 2.67. The summed E-state index contributed by atoms with van der Waals surface area (Å²) in [5, 5.41) is 10.5. The van der Waals surface area contributed by atoms with Crippen molar-refractivity contribution in [1.82, 2.24) is 9.97 Å². The lowest BCUT2D eigenvalue weighted by Crippen LogP contribution is -1.98. The molecule has 0 atom stereocenters. The van der Waals surface area contributed by atoms with Crippen LogP contribution in [0.15, 0.2) is 67.1 Å². The van der Waals surface area contributed by atoms with Gasteiger partial charge in [0, 0.05) is 11.6 Å². The highest BCUT2D eigenvalue weighted by Crippen LogP contribution is 2.39. The predicted molar refractivity (Wildman–Crippen MR) is 103 cm³/mol. The van der Waals surface area contributed by atoms with Crippen molar-refractivity contribution in [2.75, 3.05) is 13.7 Å². The molecule has 0 bridgehead atoms. The minimum atomic E-state index is 0.0257. The normalized spacial score (nSPS) is 10.3. The van der Waals surface area contributed by atoms with Crippen LogP contribution in [0.1, 0.15) is 6.92 Å². The van der Waals surface area contributed by atoms with Crippen LogP contribution in [0.4, 0.5) is 0 Å². The maximum absolute atomic E-state index is 10.5. The number of hydrogen-bond acceptors (Lipinski definition) is 6. The van der Waals surface area contributed by atoms with Crippen molar-refractivity contribution >= 4 is 0 Å². The fourth-order valence-electron chi connectivity index (χ4n) is 2.42. The number of phenols is 1. The van der Waals surface area contributed by atoms with Gasteiger partial charge in [0.15, 0.2) is 17.2 Å². The number of para-hydroxylation sites is 2. The zero-order chi connectivity index (χ0) is 19.2. The first-order chi connectivity index (χ1) is 13.1. The van der Waals surface area contributed by atoms with Crippen molar-refractivity contribution < 1.29 is 19.3 Å². The van der Waals surface area contributed by atoms with Crippen LogP contribution in [0.2, 0.25) is 0 Å². The van der Waals surface area contributed by atoms with Crippen LogP contribution < -0.4 is 14.2 Å². The molecule has 1 aromatic heterocycles. The van der Waals surface area contributed by atoms with Crippen LogP contribution in [-0.4, -0.2) is 28.8 Å². The summed E-state index contributed by atoms with van der Waals surface area (Å²) in [6, 6.07) is 12.3. The smallest absolute Gasteiger partial charge is 0.172 e. The number of ether oxygens (including phenoxy) is 3. The van der Waals surface area contributed by atoms with E-state index in [9.17, 15) is 5.11 Å². The SMILES string of the molecule is C=C(C)COc1ccc(-c2ncncc2Oc2ccccc2OC)c(O)c1. The summed E-state index contributed by atoms with van der Waals surface area (Å²) >= 11 is 0. The number of hydrogen-bond donors (Lipinski definition) is 1. The van der Waals surface area contributed by atoms with E-state index in [-0.39, 0.29) is 5.75 Å². The molecule has 3 rings (SSSR count). The van der Waals surface area contributed by atoms with E-state index in [2.05, 4.69) is 16.5 Å². The fourth-order valence-corrected chi connectivity index (χ4v) is 2.42. The summed E-state index contributed by atoms with van der Waals surface area (Å²) in [7, 11) is 1.57. The van der Waals surface area contributed by atoms with Gasteiger partial charge in [-0.05, 0) is 36.8 Å². The van der Waals surface area contributed by atoms with Crippen molar-refractivity contribution in [3.05, 3.63) is 67.1 Å². The highest BCUT2D eigenvalue weighted by molar-refractivity contribution is 5.73. The van der Waals surface area contributed by atoms with E-state index in [0.717, 1.165) is 5.57 Å². The highest BCUT2D eigenvalue weighted by atomic mass is 16.5. The maximum atomic E-state index is 10.5. The number of phenolic OH excluding ortho intramolecular Hbond substituents is 1. The van der Waals surface area contributed by atoms with Gasteiger partial charge < -0.3 is 19.3 Å². The van der Waals surface area contributed by atoms with E-state index in [0.29, 0.717) is 40.9 Å². The van der Waals surface area contributed by atoms with Crippen LogP contribution in [0.3, 0.4) is 0 Å². The second-order valence-corrected chi connectivity index (χ2v) is 5.91. The minimum absolute atomic E-state index is 0.0257. The Balaban J connectivity index is 1.93. The van der Waals surface area contributed by atoms with E-state index < -0.39 is 0 Å². The molecular formula is C21H20N2O4. The van der Waals surface area contributed by atoms with Gasteiger partial charge in [-0.25, -0.2) is 9.97 Å². The molecule has 0 aliphatic heterocycles. The number of rotatable bonds is 7. The van der Waals surface area contributed by atoms with Crippen molar-refractivity contribution in [3.8, 4) is 40.0 Å². The molecule has 2 aromatic carbocycles. The van der Waals surface area contributed by atoms with Crippen LogP contribution >= 0.6 is 0 Å². The second kappa shape index (κ2) is 8.23. The van der Waals surface area contributed by atoms with Gasteiger partial charge in [0.05, 0.1) is 13.3 Å². The summed E-state index contributed by atoms with van der Waals surface area (Å²) in [6.07, 6.45) is 2.94. The molecule has 0 amide bonds. The van der Waals surface area contributed by atoms with Crippen molar-refractivity contribution in [3.63, 3.8) is 0 Å². The van der Waals surface area contributed by atoms with E-state index in [4.69, 9.17) is 14.2 Å². The maximum Gasteiger partial charge on any atom is 0.172 e. The first kappa shape index (κ1) is 18.3. The molecular weight excluding hydrogens is 344 g/mol. The lowest BCUT2D eigenvalue weighted by Gasteiger charge is -2.14. The Morgan fingerprint density at radius 2 is 1.89 bits per heavy atom. The summed E-state index contributed by atoms with van der Waals surface area (Å²) < 4.78 is 16.8. The molecule has 138 valence electrons. The number of aromatic nitrogens is 2. The molecule has 0 aliphatic rings. The summed E-state index contributed by atoms with van der Waals surface area (Å²) in [4.78, 5) is 8.30. The third-order valence-electron chi connectivity index (χ3n) is 3.68. The Morgan fingerprint density at radius 1 is 1.11 bits per heavy atom. The van der Waals surface area contributed by atoms with Crippen molar-refractivity contribution in [1.29, 1.82) is 0 Å². The van der Waals surface area contributed by atoms with Gasteiger partial charge in [-0.15, -0.1) is 0 Å². The Labute approximate surface area is 157 Å². The van der Waals surface area contributed by atoms with Crippen LogP contribution in [0.5, 0.6) is 28.7 Å². The molecule has 0 radical (unpaired) electrons. The van der Waals surface area contributed by atoms with Gasteiger partial charge in [0.2, 0.25) is 0 Å². The first-order valence-electron chi connectivity index (χ1n) is 8.30. The fraction of sp³-hybridized carbons (Fsp3) is 0.143. The second-order valence-electron chi connectivity index (χ2n) is 5.91. The standard InChI is InChI=1S/C21H20N2O4/c1-14(2)12-26-15-8-9-16(17(24)10-15)21-20(11-22-13-23-21)27-19-7-5-4-6-18(19)25-3/h4-11,13,24H,1,12H2,2-3H3. The summed E-state index contributed by atoms with van der Waals surface area (Å²) in [6.45, 7) is 6.05. The molecule has 27 heavy (non-hydrogen) atoms. The lowest BCUT2D eigenvalue weighted by atomic mass is 10.1. The van der Waals surface area contributed by atoms with Crippen LogP contribution in [0.25, 0.3) is 11.3 Å². The molecule has 0 saturated heterocycles. The number of benzene rings is 2. The van der Waals surface area contributed by atoms with Crippen LogP contribution in [0, 0.1) is 0 Å². The number of aromatic hydroxyl groups is 1. The third-order valence-corrected chi connectivity index (χ3v) is 3.68. The molecule has 3 aromatic rings. The van der Waals surface area contributed by atoms with E-state index in [1.807, 2.05) is 19.1 Å². The molecule has 1 heterocycles. The molecule has 0 fully saturated rings. The highest BCUT2D eigenvalue weighted by Gasteiger charge is 2.15. The molecule has 1 N–H and O–H groups in total. The van der Waals surface area contributed by atoms with E-state index in [1.54, 1.807) is 37.6 Å². The number of methoxy groups -OCH3 is 1. The van der Waals surface area contributed by atoms with E-state index in [1.165, 1.54) is 12.4 Å². The average molecular weight is 364 g/mol. The Bertz CT molecular complexity index is 956. The zero-order valence-corrected chi connectivity index (χ0v) is 15.2. The van der Waals surface area contributed by atoms with E-state index >= 15 is 0 Å². The third kappa shape index (κ3) is 4.36. The minimum Gasteiger partial charge on any atom is -0.507 e.